The van der Waals surface area contributed by atoms with Gasteiger partial charge in [-0.1, -0.05) is 45.0 Å². The minimum absolute atomic E-state index is 0.180. The van der Waals surface area contributed by atoms with Crippen molar-refractivity contribution in [3.05, 3.63) is 41.8 Å². The Kier molecular flexibility index (Phi) is 6.92. The standard InChI is InChI=1S/C22H28F3N5O2/c1-22(2,3)18(26)20(32)29-10-4-5-16(29)19(31)27-11-13-6-8-14(9-7-13)17-15(23)12-28-30(17)21(24)25/h6-9,12,16,18,21H,4-5,10-11,26H2,1-3H3,(H,27,31). The maximum Gasteiger partial charge on any atom is 0.333 e. The summed E-state index contributed by atoms with van der Waals surface area (Å²) >= 11 is 0. The van der Waals surface area contributed by atoms with Gasteiger partial charge in [-0.15, -0.1) is 0 Å². The second-order valence-electron chi connectivity index (χ2n) is 9.01. The van der Waals surface area contributed by atoms with Gasteiger partial charge in [0.05, 0.1) is 12.2 Å². The Morgan fingerprint density at radius 1 is 1.25 bits per heavy atom. The van der Waals surface area contributed by atoms with Crippen molar-refractivity contribution in [2.45, 2.75) is 58.8 Å². The minimum atomic E-state index is -2.96. The van der Waals surface area contributed by atoms with E-state index in [2.05, 4.69) is 10.4 Å². The van der Waals surface area contributed by atoms with Crippen molar-refractivity contribution in [2.24, 2.45) is 11.1 Å². The van der Waals surface area contributed by atoms with Crippen molar-refractivity contribution in [1.29, 1.82) is 0 Å². The van der Waals surface area contributed by atoms with Crippen LogP contribution in [0.5, 0.6) is 0 Å². The molecule has 1 aromatic heterocycles. The lowest BCUT2D eigenvalue weighted by molar-refractivity contribution is -0.141. The summed E-state index contributed by atoms with van der Waals surface area (Å²) in [7, 11) is 0. The fourth-order valence-corrected chi connectivity index (χ4v) is 3.70. The molecule has 1 fully saturated rings. The third kappa shape index (κ3) is 4.95. The van der Waals surface area contributed by atoms with E-state index in [-0.39, 0.29) is 29.6 Å². The van der Waals surface area contributed by atoms with E-state index >= 15 is 0 Å². The predicted octanol–water partition coefficient (Wildman–Crippen LogP) is 3.06. The molecule has 1 saturated heterocycles. The minimum Gasteiger partial charge on any atom is -0.350 e. The Hall–Kier alpha value is -2.88. The van der Waals surface area contributed by atoms with Crippen LogP contribution >= 0.6 is 0 Å². The average Bonchev–Trinajstić information content (AvgIpc) is 3.37. The fourth-order valence-electron chi connectivity index (χ4n) is 3.70. The number of amides is 2. The van der Waals surface area contributed by atoms with Crippen LogP contribution in [0.25, 0.3) is 11.3 Å². The summed E-state index contributed by atoms with van der Waals surface area (Å²) in [6, 6.07) is 4.94. The Morgan fingerprint density at radius 3 is 2.50 bits per heavy atom. The summed E-state index contributed by atoms with van der Waals surface area (Å²) in [6.07, 6.45) is 2.03. The highest BCUT2D eigenvalue weighted by Gasteiger charge is 2.39. The monoisotopic (exact) mass is 451 g/mol. The molecule has 174 valence electrons. The quantitative estimate of drug-likeness (QED) is 0.706. The molecule has 0 radical (unpaired) electrons. The highest BCUT2D eigenvalue weighted by Crippen LogP contribution is 2.27. The molecule has 3 rings (SSSR count). The van der Waals surface area contributed by atoms with E-state index in [1.807, 2.05) is 20.8 Å². The van der Waals surface area contributed by atoms with Crippen molar-refractivity contribution in [3.63, 3.8) is 0 Å². The van der Waals surface area contributed by atoms with Crippen LogP contribution in [0, 0.1) is 11.2 Å². The molecule has 10 heteroatoms. The number of nitrogens with zero attached hydrogens (tertiary/aromatic N) is 3. The molecule has 2 atom stereocenters. The van der Waals surface area contributed by atoms with Crippen molar-refractivity contribution in [3.8, 4) is 11.3 Å². The molecular formula is C22H28F3N5O2. The molecule has 0 bridgehead atoms. The summed E-state index contributed by atoms with van der Waals surface area (Å²) in [5.74, 6) is -1.36. The molecule has 3 N–H and O–H groups in total. The van der Waals surface area contributed by atoms with E-state index < -0.39 is 29.9 Å². The molecule has 0 aliphatic carbocycles. The van der Waals surface area contributed by atoms with Gasteiger partial charge in [-0.05, 0) is 23.8 Å². The molecule has 1 aromatic carbocycles. The number of rotatable bonds is 6. The topological polar surface area (TPSA) is 93.2 Å². The van der Waals surface area contributed by atoms with E-state index in [1.165, 1.54) is 12.1 Å². The van der Waals surface area contributed by atoms with Crippen LogP contribution in [0.1, 0.15) is 45.7 Å². The first-order valence-corrected chi connectivity index (χ1v) is 10.4. The van der Waals surface area contributed by atoms with E-state index in [9.17, 15) is 22.8 Å². The van der Waals surface area contributed by atoms with Crippen LogP contribution in [0.2, 0.25) is 0 Å². The molecule has 2 unspecified atom stereocenters. The van der Waals surface area contributed by atoms with Crippen LogP contribution in [-0.2, 0) is 16.1 Å². The Labute approximate surface area is 184 Å². The van der Waals surface area contributed by atoms with Crippen molar-refractivity contribution in [2.75, 3.05) is 6.54 Å². The largest absolute Gasteiger partial charge is 0.350 e. The van der Waals surface area contributed by atoms with E-state index in [0.29, 0.717) is 23.2 Å². The highest BCUT2D eigenvalue weighted by molar-refractivity contribution is 5.90. The first kappa shape index (κ1) is 23.8. The second kappa shape index (κ2) is 9.32. The first-order valence-electron chi connectivity index (χ1n) is 10.4. The number of aromatic nitrogens is 2. The van der Waals surface area contributed by atoms with Gasteiger partial charge in [0.2, 0.25) is 11.8 Å². The van der Waals surface area contributed by atoms with Crippen LogP contribution < -0.4 is 11.1 Å². The molecule has 0 saturated carbocycles. The number of carbonyl (C=O) groups is 2. The summed E-state index contributed by atoms with van der Waals surface area (Å²) in [5, 5.41) is 6.17. The lowest BCUT2D eigenvalue weighted by Crippen LogP contribution is -2.54. The maximum atomic E-state index is 13.9. The van der Waals surface area contributed by atoms with Crippen LogP contribution in [0.15, 0.2) is 30.5 Å². The van der Waals surface area contributed by atoms with Gasteiger partial charge in [0.25, 0.3) is 0 Å². The van der Waals surface area contributed by atoms with E-state index in [1.54, 1.807) is 17.0 Å². The van der Waals surface area contributed by atoms with Crippen molar-refractivity contribution < 1.29 is 22.8 Å². The number of benzene rings is 1. The number of nitrogens with two attached hydrogens (primary N) is 1. The highest BCUT2D eigenvalue weighted by atomic mass is 19.3. The van der Waals surface area contributed by atoms with Crippen LogP contribution in [0.3, 0.4) is 0 Å². The molecule has 7 nitrogen and oxygen atoms in total. The molecule has 1 aliphatic rings. The summed E-state index contributed by atoms with van der Waals surface area (Å²) in [4.78, 5) is 27.0. The van der Waals surface area contributed by atoms with Crippen LogP contribution in [-0.4, -0.2) is 45.1 Å². The number of halogens is 3. The van der Waals surface area contributed by atoms with E-state index in [4.69, 9.17) is 5.73 Å². The Morgan fingerprint density at radius 2 is 1.91 bits per heavy atom. The number of hydrogen-bond donors (Lipinski definition) is 2. The van der Waals surface area contributed by atoms with Crippen LogP contribution in [0.4, 0.5) is 13.2 Å². The SMILES string of the molecule is CC(C)(C)C(N)C(=O)N1CCCC1C(=O)NCc1ccc(-c2c(F)cnn2C(F)F)cc1. The smallest absolute Gasteiger partial charge is 0.333 e. The third-order valence-electron chi connectivity index (χ3n) is 5.67. The normalized spacial score (nSPS) is 17.6. The summed E-state index contributed by atoms with van der Waals surface area (Å²) in [5.41, 5.74) is 6.33. The predicted molar refractivity (Wildman–Crippen MR) is 113 cm³/mol. The lowest BCUT2D eigenvalue weighted by Gasteiger charge is -2.32. The van der Waals surface area contributed by atoms with Gasteiger partial charge in [0.1, 0.15) is 11.7 Å². The first-order chi connectivity index (χ1) is 15.0. The number of likely N-dealkylation sites (tertiary alicyclic amines) is 1. The van der Waals surface area contributed by atoms with Gasteiger partial charge in [-0.2, -0.15) is 13.9 Å². The zero-order valence-electron chi connectivity index (χ0n) is 18.3. The van der Waals surface area contributed by atoms with Gasteiger partial charge in [-0.25, -0.2) is 9.07 Å². The summed E-state index contributed by atoms with van der Waals surface area (Å²) < 4.78 is 40.3. The molecule has 2 aromatic rings. The molecule has 2 amide bonds. The number of alkyl halides is 2. The molecule has 1 aliphatic heterocycles. The molecule has 2 heterocycles. The zero-order valence-corrected chi connectivity index (χ0v) is 18.3. The summed E-state index contributed by atoms with van der Waals surface area (Å²) in [6.45, 7) is 3.34. The maximum absolute atomic E-state index is 13.9. The Balaban J connectivity index is 1.64. The zero-order chi connectivity index (χ0) is 23.6. The van der Waals surface area contributed by atoms with Gasteiger partial charge >= 0.3 is 6.55 Å². The van der Waals surface area contributed by atoms with Gasteiger partial charge < -0.3 is 16.0 Å². The van der Waals surface area contributed by atoms with Gasteiger partial charge in [0.15, 0.2) is 5.82 Å². The lowest BCUT2D eigenvalue weighted by atomic mass is 9.86. The van der Waals surface area contributed by atoms with Gasteiger partial charge in [-0.3, -0.25) is 9.59 Å². The van der Waals surface area contributed by atoms with E-state index in [0.717, 1.165) is 12.6 Å². The number of hydrogen-bond acceptors (Lipinski definition) is 4. The third-order valence-corrected chi connectivity index (χ3v) is 5.67. The Bertz CT molecular complexity index is 969. The molecular weight excluding hydrogens is 423 g/mol. The molecule has 0 spiro atoms. The second-order valence-corrected chi connectivity index (χ2v) is 9.01. The number of carbonyl (C=O) groups excluding carboxylic acids is 2. The van der Waals surface area contributed by atoms with Gasteiger partial charge in [0, 0.05) is 18.7 Å². The number of nitrogens with one attached hydrogen (secondary N) is 1. The average molecular weight is 451 g/mol. The van der Waals surface area contributed by atoms with Crippen molar-refractivity contribution in [1.82, 2.24) is 20.0 Å². The molecule has 32 heavy (non-hydrogen) atoms. The van der Waals surface area contributed by atoms with Crippen molar-refractivity contribution >= 4 is 11.8 Å². The fraction of sp³-hybridized carbons (Fsp3) is 0.500.